The number of hydrogen-bond donors (Lipinski definition) is 0. The van der Waals surface area contributed by atoms with E-state index in [0.717, 1.165) is 0 Å². The van der Waals surface area contributed by atoms with Gasteiger partial charge >= 0.3 is 0 Å². The van der Waals surface area contributed by atoms with Crippen LogP contribution in [-0.4, -0.2) is 4.92 Å². The minimum Gasteiger partial charge on any atom is -0.258 e. The van der Waals surface area contributed by atoms with E-state index in [-0.39, 0.29) is 10.7 Å². The third-order valence-electron chi connectivity index (χ3n) is 2.71. The van der Waals surface area contributed by atoms with Crippen LogP contribution in [-0.2, 0) is 4.33 Å². The summed E-state index contributed by atoms with van der Waals surface area (Å²) in [5.41, 5.74) is 0.815. The van der Waals surface area contributed by atoms with Crippen LogP contribution < -0.4 is 0 Å². The Bertz CT molecular complexity index is 656. The fraction of sp³-hybridized carbons (Fsp3) is 0.0769. The van der Waals surface area contributed by atoms with Gasteiger partial charge in [-0.25, -0.2) is 0 Å². The molecule has 0 radical (unpaired) electrons. The number of halogens is 4. The molecule has 0 spiro atoms. The summed E-state index contributed by atoms with van der Waals surface area (Å²) >= 11 is 24.5. The summed E-state index contributed by atoms with van der Waals surface area (Å²) in [5, 5.41) is 11.4. The first-order valence-electron chi connectivity index (χ1n) is 5.40. The highest BCUT2D eigenvalue weighted by Crippen LogP contribution is 2.44. The number of nitro benzene ring substituents is 1. The van der Waals surface area contributed by atoms with Gasteiger partial charge in [-0.2, -0.15) is 0 Å². The van der Waals surface area contributed by atoms with E-state index in [0.29, 0.717) is 16.1 Å². The van der Waals surface area contributed by atoms with Gasteiger partial charge in [0, 0.05) is 22.7 Å². The molecule has 0 atom stereocenters. The molecule has 0 bridgehead atoms. The number of hydrogen-bond acceptors (Lipinski definition) is 2. The van der Waals surface area contributed by atoms with E-state index in [2.05, 4.69) is 0 Å². The molecule has 0 saturated carbocycles. The number of nitrogens with zero attached hydrogens (tertiary/aromatic N) is 1. The molecule has 2 aromatic carbocycles. The van der Waals surface area contributed by atoms with Crippen LogP contribution in [0.5, 0.6) is 0 Å². The molecule has 0 aliphatic rings. The Labute approximate surface area is 135 Å². The second-order valence-electron chi connectivity index (χ2n) is 4.00. The standard InChI is InChI=1S/C13H7Cl4NO2/c14-9-3-1-8(2-4-9)13(16,17)11-6-5-10(18(19)20)7-12(11)15/h1-7H. The molecule has 2 rings (SSSR count). The van der Waals surface area contributed by atoms with Crippen LogP contribution in [0, 0.1) is 10.1 Å². The predicted molar refractivity (Wildman–Crippen MR) is 82.0 cm³/mol. The maximum atomic E-state index is 10.7. The average molecular weight is 351 g/mol. The Morgan fingerprint density at radius 3 is 2.10 bits per heavy atom. The molecule has 0 aromatic heterocycles. The van der Waals surface area contributed by atoms with E-state index in [1.807, 2.05) is 0 Å². The number of non-ortho nitro benzene ring substituents is 1. The summed E-state index contributed by atoms with van der Waals surface area (Å²) < 4.78 is -1.42. The topological polar surface area (TPSA) is 43.1 Å². The first-order valence-corrected chi connectivity index (χ1v) is 6.92. The van der Waals surface area contributed by atoms with Crippen molar-refractivity contribution in [3.63, 3.8) is 0 Å². The molecule has 20 heavy (non-hydrogen) atoms. The van der Waals surface area contributed by atoms with Crippen molar-refractivity contribution in [2.45, 2.75) is 4.33 Å². The molecule has 2 aromatic rings. The molecule has 7 heteroatoms. The van der Waals surface area contributed by atoms with E-state index in [9.17, 15) is 10.1 Å². The van der Waals surface area contributed by atoms with Gasteiger partial charge < -0.3 is 0 Å². The summed E-state index contributed by atoms with van der Waals surface area (Å²) in [7, 11) is 0. The second kappa shape index (κ2) is 5.78. The third kappa shape index (κ3) is 3.01. The Morgan fingerprint density at radius 2 is 1.60 bits per heavy atom. The molecule has 3 nitrogen and oxygen atoms in total. The Hall–Kier alpha value is -1.00. The van der Waals surface area contributed by atoms with E-state index in [1.165, 1.54) is 18.2 Å². The number of benzene rings is 2. The van der Waals surface area contributed by atoms with Crippen molar-refractivity contribution in [2.24, 2.45) is 0 Å². The Balaban J connectivity index is 2.48. The number of nitro groups is 1. The minimum atomic E-state index is -1.42. The van der Waals surface area contributed by atoms with Crippen molar-refractivity contribution in [1.82, 2.24) is 0 Å². The summed E-state index contributed by atoms with van der Waals surface area (Å²) in [6.07, 6.45) is 0. The molecule has 0 amide bonds. The van der Waals surface area contributed by atoms with Gasteiger partial charge in [-0.3, -0.25) is 10.1 Å². The van der Waals surface area contributed by atoms with E-state index in [1.54, 1.807) is 24.3 Å². The fourth-order valence-corrected chi connectivity index (χ4v) is 2.81. The monoisotopic (exact) mass is 349 g/mol. The van der Waals surface area contributed by atoms with Gasteiger partial charge in [-0.05, 0) is 23.8 Å². The molecule has 104 valence electrons. The first kappa shape index (κ1) is 15.4. The van der Waals surface area contributed by atoms with Crippen molar-refractivity contribution in [3.8, 4) is 0 Å². The minimum absolute atomic E-state index is 0.124. The number of rotatable bonds is 3. The van der Waals surface area contributed by atoms with Crippen LogP contribution >= 0.6 is 46.4 Å². The maximum Gasteiger partial charge on any atom is 0.270 e. The molecule has 0 fully saturated rings. The number of alkyl halides is 2. The van der Waals surface area contributed by atoms with Crippen LogP contribution in [0.2, 0.25) is 10.0 Å². The summed E-state index contributed by atoms with van der Waals surface area (Å²) in [5.74, 6) is 0. The highest BCUT2D eigenvalue weighted by molar-refractivity contribution is 6.51. The van der Waals surface area contributed by atoms with Crippen LogP contribution in [0.4, 0.5) is 5.69 Å². The van der Waals surface area contributed by atoms with Crippen molar-refractivity contribution in [3.05, 3.63) is 73.8 Å². The van der Waals surface area contributed by atoms with Gasteiger partial charge in [0.1, 0.15) is 0 Å². The Morgan fingerprint density at radius 1 is 1.00 bits per heavy atom. The highest BCUT2D eigenvalue weighted by atomic mass is 35.5. The maximum absolute atomic E-state index is 10.7. The summed E-state index contributed by atoms with van der Waals surface area (Å²) in [6.45, 7) is 0. The third-order valence-corrected chi connectivity index (χ3v) is 4.12. The first-order chi connectivity index (χ1) is 9.32. The summed E-state index contributed by atoms with van der Waals surface area (Å²) in [4.78, 5) is 10.1. The molecule has 0 N–H and O–H groups in total. The molecule has 0 heterocycles. The van der Waals surface area contributed by atoms with Crippen molar-refractivity contribution in [2.75, 3.05) is 0 Å². The summed E-state index contributed by atoms with van der Waals surface area (Å²) in [6, 6.07) is 10.6. The smallest absolute Gasteiger partial charge is 0.258 e. The zero-order valence-corrected chi connectivity index (χ0v) is 12.8. The second-order valence-corrected chi connectivity index (χ2v) is 6.17. The zero-order chi connectivity index (χ0) is 14.9. The van der Waals surface area contributed by atoms with Crippen LogP contribution in [0.15, 0.2) is 42.5 Å². The van der Waals surface area contributed by atoms with Crippen LogP contribution in [0.25, 0.3) is 0 Å². The largest absolute Gasteiger partial charge is 0.270 e. The normalized spacial score (nSPS) is 11.4. The van der Waals surface area contributed by atoms with E-state index < -0.39 is 9.26 Å². The van der Waals surface area contributed by atoms with Gasteiger partial charge in [-0.15, -0.1) is 0 Å². The molecule has 0 saturated heterocycles. The quantitative estimate of drug-likeness (QED) is 0.412. The van der Waals surface area contributed by atoms with E-state index >= 15 is 0 Å². The van der Waals surface area contributed by atoms with Crippen molar-refractivity contribution in [1.29, 1.82) is 0 Å². The van der Waals surface area contributed by atoms with Crippen molar-refractivity contribution < 1.29 is 4.92 Å². The van der Waals surface area contributed by atoms with Crippen LogP contribution in [0.3, 0.4) is 0 Å². The molecular formula is C13H7Cl4NO2. The Kier molecular flexibility index (Phi) is 4.45. The zero-order valence-electron chi connectivity index (χ0n) is 9.82. The van der Waals surface area contributed by atoms with E-state index in [4.69, 9.17) is 46.4 Å². The predicted octanol–water partition coefficient (Wildman–Crippen LogP) is 5.58. The highest BCUT2D eigenvalue weighted by Gasteiger charge is 2.32. The molecule has 0 aliphatic carbocycles. The molecule has 0 unspecified atom stereocenters. The van der Waals surface area contributed by atoms with Gasteiger partial charge in [-0.1, -0.05) is 58.5 Å². The van der Waals surface area contributed by atoms with Gasteiger partial charge in [0.25, 0.3) is 5.69 Å². The molecular weight excluding hydrogens is 344 g/mol. The lowest BCUT2D eigenvalue weighted by atomic mass is 10.0. The van der Waals surface area contributed by atoms with Crippen LogP contribution in [0.1, 0.15) is 11.1 Å². The fourth-order valence-electron chi connectivity index (χ4n) is 1.69. The van der Waals surface area contributed by atoms with Gasteiger partial charge in [0.2, 0.25) is 0 Å². The van der Waals surface area contributed by atoms with Gasteiger partial charge in [0.05, 0.1) is 9.95 Å². The van der Waals surface area contributed by atoms with Gasteiger partial charge in [0.15, 0.2) is 4.33 Å². The lowest BCUT2D eigenvalue weighted by Gasteiger charge is -2.21. The van der Waals surface area contributed by atoms with Crippen molar-refractivity contribution >= 4 is 52.1 Å². The lowest BCUT2D eigenvalue weighted by Crippen LogP contribution is -2.13. The molecule has 0 aliphatic heterocycles. The SMILES string of the molecule is O=[N+]([O-])c1ccc(C(Cl)(Cl)c2ccc(Cl)cc2)c(Cl)c1. The average Bonchev–Trinajstić information content (AvgIpc) is 2.38. The lowest BCUT2D eigenvalue weighted by molar-refractivity contribution is -0.384.